The summed E-state index contributed by atoms with van der Waals surface area (Å²) in [5.74, 6) is -0.690. The largest absolute Gasteiger partial charge is 0.332 e. The quantitative estimate of drug-likeness (QED) is 0.759. The van der Waals surface area contributed by atoms with Gasteiger partial charge in [-0.3, -0.25) is 14.4 Å². The van der Waals surface area contributed by atoms with Gasteiger partial charge in [0.2, 0.25) is 11.5 Å². The van der Waals surface area contributed by atoms with Crippen LogP contribution in [0, 0.1) is 6.92 Å². The number of hydrogen-bond donors (Lipinski definition) is 2. The van der Waals surface area contributed by atoms with Crippen molar-refractivity contribution < 1.29 is 9.59 Å². The number of amides is 2. The summed E-state index contributed by atoms with van der Waals surface area (Å²) in [5.41, 5.74) is 2.26. The number of carbonyl (C=O) groups excluding carboxylic acids is 2. The molecule has 0 radical (unpaired) electrons. The molecule has 2 amide bonds. The predicted octanol–water partition coefficient (Wildman–Crippen LogP) is 2.55. The van der Waals surface area contributed by atoms with Crippen molar-refractivity contribution >= 4 is 28.4 Å². The third kappa shape index (κ3) is 3.80. The SMILES string of the molecule is Cc1ccc(NC(=O)CN(C)C(=O)c2cc(=O)[nH]c3ccccc23)cc1. The van der Waals surface area contributed by atoms with Crippen molar-refractivity contribution in [3.8, 4) is 0 Å². The van der Waals surface area contributed by atoms with Crippen LogP contribution in [0.5, 0.6) is 0 Å². The summed E-state index contributed by atoms with van der Waals surface area (Å²) >= 11 is 0. The molecule has 0 fully saturated rings. The van der Waals surface area contributed by atoms with Crippen LogP contribution in [0.2, 0.25) is 0 Å². The van der Waals surface area contributed by atoms with Gasteiger partial charge >= 0.3 is 0 Å². The van der Waals surface area contributed by atoms with E-state index in [4.69, 9.17) is 0 Å². The van der Waals surface area contributed by atoms with Crippen molar-refractivity contribution in [1.29, 1.82) is 0 Å². The number of pyridine rings is 1. The number of benzene rings is 2. The molecule has 0 spiro atoms. The molecular weight excluding hydrogens is 330 g/mol. The Hall–Kier alpha value is -3.41. The van der Waals surface area contributed by atoms with Gasteiger partial charge in [-0.05, 0) is 25.1 Å². The first-order chi connectivity index (χ1) is 12.4. The second kappa shape index (κ2) is 7.23. The molecule has 132 valence electrons. The van der Waals surface area contributed by atoms with Crippen molar-refractivity contribution in [2.24, 2.45) is 0 Å². The molecule has 1 heterocycles. The Morgan fingerprint density at radius 2 is 1.77 bits per heavy atom. The van der Waals surface area contributed by atoms with E-state index in [1.54, 1.807) is 36.4 Å². The van der Waals surface area contributed by atoms with Gasteiger partial charge in [0.15, 0.2) is 0 Å². The zero-order chi connectivity index (χ0) is 18.7. The van der Waals surface area contributed by atoms with E-state index in [1.165, 1.54) is 18.0 Å². The van der Waals surface area contributed by atoms with Crippen molar-refractivity contribution in [2.75, 3.05) is 18.9 Å². The topological polar surface area (TPSA) is 82.3 Å². The number of hydrogen-bond acceptors (Lipinski definition) is 3. The summed E-state index contributed by atoms with van der Waals surface area (Å²) in [6, 6.07) is 15.7. The number of carbonyl (C=O) groups is 2. The number of nitrogens with zero attached hydrogens (tertiary/aromatic N) is 1. The Balaban J connectivity index is 1.77. The van der Waals surface area contributed by atoms with E-state index in [0.29, 0.717) is 16.6 Å². The smallest absolute Gasteiger partial charge is 0.254 e. The summed E-state index contributed by atoms with van der Waals surface area (Å²) in [6.07, 6.45) is 0. The highest BCUT2D eigenvalue weighted by Gasteiger charge is 2.18. The molecule has 0 atom stereocenters. The highest BCUT2D eigenvalue weighted by atomic mass is 16.2. The van der Waals surface area contributed by atoms with E-state index < -0.39 is 0 Å². The van der Waals surface area contributed by atoms with E-state index >= 15 is 0 Å². The molecule has 26 heavy (non-hydrogen) atoms. The lowest BCUT2D eigenvalue weighted by atomic mass is 10.1. The summed E-state index contributed by atoms with van der Waals surface area (Å²) in [6.45, 7) is 1.85. The van der Waals surface area contributed by atoms with E-state index in [-0.39, 0.29) is 29.5 Å². The maximum absolute atomic E-state index is 12.7. The normalized spacial score (nSPS) is 10.5. The lowest BCUT2D eigenvalue weighted by Crippen LogP contribution is -2.35. The summed E-state index contributed by atoms with van der Waals surface area (Å²) in [4.78, 5) is 40.7. The Bertz CT molecular complexity index is 1020. The first-order valence-electron chi connectivity index (χ1n) is 8.18. The lowest BCUT2D eigenvalue weighted by Gasteiger charge is -2.18. The lowest BCUT2D eigenvalue weighted by molar-refractivity contribution is -0.116. The monoisotopic (exact) mass is 349 g/mol. The molecule has 0 aliphatic heterocycles. The molecule has 2 N–H and O–H groups in total. The average Bonchev–Trinajstić information content (AvgIpc) is 2.62. The Morgan fingerprint density at radius 1 is 1.08 bits per heavy atom. The molecule has 0 saturated heterocycles. The van der Waals surface area contributed by atoms with Gasteiger partial charge in [-0.15, -0.1) is 0 Å². The number of fused-ring (bicyclic) bond motifs is 1. The number of nitrogens with one attached hydrogen (secondary N) is 2. The predicted molar refractivity (Wildman–Crippen MR) is 101 cm³/mol. The number of likely N-dealkylation sites (N-methyl/N-ethyl adjacent to an activating group) is 1. The first kappa shape index (κ1) is 17.4. The summed E-state index contributed by atoms with van der Waals surface area (Å²) < 4.78 is 0. The second-order valence-corrected chi connectivity index (χ2v) is 6.17. The van der Waals surface area contributed by atoms with Gasteiger partial charge in [0.1, 0.15) is 0 Å². The fourth-order valence-electron chi connectivity index (χ4n) is 2.71. The van der Waals surface area contributed by atoms with Gasteiger partial charge in [0, 0.05) is 29.7 Å². The summed E-state index contributed by atoms with van der Waals surface area (Å²) in [5, 5.41) is 3.40. The fraction of sp³-hybridized carbons (Fsp3) is 0.150. The van der Waals surface area contributed by atoms with Gasteiger partial charge in [-0.2, -0.15) is 0 Å². The molecular formula is C20H19N3O3. The van der Waals surface area contributed by atoms with Crippen LogP contribution in [0.1, 0.15) is 15.9 Å². The van der Waals surface area contributed by atoms with Crippen molar-refractivity contribution in [3.63, 3.8) is 0 Å². The maximum atomic E-state index is 12.7. The molecule has 0 saturated carbocycles. The van der Waals surface area contributed by atoms with Crippen LogP contribution in [-0.4, -0.2) is 35.3 Å². The minimum absolute atomic E-state index is 0.117. The highest BCUT2D eigenvalue weighted by Crippen LogP contribution is 2.16. The van der Waals surface area contributed by atoms with Crippen LogP contribution in [0.25, 0.3) is 10.9 Å². The van der Waals surface area contributed by atoms with Crippen molar-refractivity contribution in [1.82, 2.24) is 9.88 Å². The molecule has 0 aliphatic carbocycles. The van der Waals surface area contributed by atoms with Crippen molar-refractivity contribution in [2.45, 2.75) is 6.92 Å². The second-order valence-electron chi connectivity index (χ2n) is 6.17. The minimum atomic E-state index is -0.383. The van der Waals surface area contributed by atoms with Crippen LogP contribution in [0.4, 0.5) is 5.69 Å². The van der Waals surface area contributed by atoms with Gasteiger partial charge in [-0.25, -0.2) is 0 Å². The Morgan fingerprint density at radius 3 is 2.50 bits per heavy atom. The first-order valence-corrected chi connectivity index (χ1v) is 8.18. The Labute approximate surface area is 150 Å². The molecule has 3 rings (SSSR count). The molecule has 6 nitrogen and oxygen atoms in total. The van der Waals surface area contributed by atoms with Gasteiger partial charge in [-0.1, -0.05) is 35.9 Å². The third-order valence-corrected chi connectivity index (χ3v) is 4.04. The van der Waals surface area contributed by atoms with Crippen LogP contribution in [0.15, 0.2) is 59.4 Å². The zero-order valence-electron chi connectivity index (χ0n) is 14.6. The van der Waals surface area contributed by atoms with Gasteiger partial charge in [0.05, 0.1) is 12.1 Å². The number of aryl methyl sites for hydroxylation is 1. The number of aromatic nitrogens is 1. The summed E-state index contributed by atoms with van der Waals surface area (Å²) in [7, 11) is 1.53. The minimum Gasteiger partial charge on any atom is -0.332 e. The molecule has 0 aliphatic rings. The highest BCUT2D eigenvalue weighted by molar-refractivity contribution is 6.07. The fourth-order valence-corrected chi connectivity index (χ4v) is 2.71. The maximum Gasteiger partial charge on any atom is 0.254 e. The molecule has 1 aromatic heterocycles. The number of para-hydroxylation sites is 1. The van der Waals surface area contributed by atoms with Gasteiger partial charge < -0.3 is 15.2 Å². The van der Waals surface area contributed by atoms with Crippen molar-refractivity contribution in [3.05, 3.63) is 76.1 Å². The van der Waals surface area contributed by atoms with E-state index in [1.807, 2.05) is 19.1 Å². The van der Waals surface area contributed by atoms with Crippen LogP contribution in [0.3, 0.4) is 0 Å². The molecule has 0 unspecified atom stereocenters. The molecule has 6 heteroatoms. The average molecular weight is 349 g/mol. The number of aromatic amines is 1. The Kier molecular flexibility index (Phi) is 4.84. The van der Waals surface area contributed by atoms with Crippen LogP contribution >= 0.6 is 0 Å². The van der Waals surface area contributed by atoms with E-state index in [2.05, 4.69) is 10.3 Å². The zero-order valence-corrected chi connectivity index (χ0v) is 14.6. The third-order valence-electron chi connectivity index (χ3n) is 4.04. The van der Waals surface area contributed by atoms with E-state index in [9.17, 15) is 14.4 Å². The number of rotatable bonds is 4. The number of H-pyrrole nitrogens is 1. The molecule has 2 aromatic carbocycles. The standard InChI is InChI=1S/C20H19N3O3/c1-13-7-9-14(10-8-13)21-19(25)12-23(2)20(26)16-11-18(24)22-17-6-4-3-5-15(16)17/h3-11H,12H2,1-2H3,(H,21,25)(H,22,24). The molecule has 3 aromatic rings. The van der Waals surface area contributed by atoms with E-state index in [0.717, 1.165) is 5.56 Å². The van der Waals surface area contributed by atoms with Crippen LogP contribution < -0.4 is 10.9 Å². The van der Waals surface area contributed by atoms with Gasteiger partial charge in [0.25, 0.3) is 5.91 Å². The molecule has 0 bridgehead atoms. The number of anilines is 1. The van der Waals surface area contributed by atoms with Crippen LogP contribution in [-0.2, 0) is 4.79 Å².